The van der Waals surface area contributed by atoms with Crippen LogP contribution in [0, 0.1) is 5.82 Å². The maximum atomic E-state index is 13.1. The van der Waals surface area contributed by atoms with Crippen LogP contribution in [0.2, 0.25) is 0 Å². The molecule has 0 aliphatic rings. The van der Waals surface area contributed by atoms with Crippen LogP contribution in [0.4, 0.5) is 13.2 Å². The lowest BCUT2D eigenvalue weighted by Gasteiger charge is -2.13. The summed E-state index contributed by atoms with van der Waals surface area (Å²) in [5, 5.41) is 0. The van der Waals surface area contributed by atoms with Crippen molar-refractivity contribution in [1.29, 1.82) is 0 Å². The second-order valence-corrected chi connectivity index (χ2v) is 4.39. The lowest BCUT2D eigenvalue weighted by atomic mass is 9.99. The van der Waals surface area contributed by atoms with Crippen molar-refractivity contribution < 1.29 is 17.9 Å². The lowest BCUT2D eigenvalue weighted by molar-refractivity contribution is -0.0498. The van der Waals surface area contributed by atoms with Crippen molar-refractivity contribution in [3.8, 4) is 5.75 Å². The first-order valence-electron chi connectivity index (χ1n) is 6.09. The molecule has 2 aromatic carbocycles. The lowest BCUT2D eigenvalue weighted by Crippen LogP contribution is -2.13. The number of hydrogen-bond acceptors (Lipinski definition) is 2. The van der Waals surface area contributed by atoms with E-state index < -0.39 is 6.61 Å². The Labute approximate surface area is 115 Å². The van der Waals surface area contributed by atoms with Crippen LogP contribution in [-0.2, 0) is 6.42 Å². The topological polar surface area (TPSA) is 35.2 Å². The zero-order valence-corrected chi connectivity index (χ0v) is 10.6. The Morgan fingerprint density at radius 3 is 2.35 bits per heavy atom. The Kier molecular flexibility index (Phi) is 4.63. The Morgan fingerprint density at radius 1 is 1.05 bits per heavy atom. The Balaban J connectivity index is 2.03. The van der Waals surface area contributed by atoms with Crippen LogP contribution in [0.25, 0.3) is 0 Å². The largest absolute Gasteiger partial charge is 0.435 e. The van der Waals surface area contributed by atoms with Crippen LogP contribution < -0.4 is 10.5 Å². The molecule has 0 saturated carbocycles. The Bertz CT molecular complexity index is 557. The van der Waals surface area contributed by atoms with Gasteiger partial charge in [-0.3, -0.25) is 0 Å². The fourth-order valence-electron chi connectivity index (χ4n) is 1.93. The van der Waals surface area contributed by atoms with Gasteiger partial charge in [-0.15, -0.1) is 0 Å². The van der Waals surface area contributed by atoms with E-state index in [1.54, 1.807) is 24.3 Å². The van der Waals surface area contributed by atoms with Gasteiger partial charge >= 0.3 is 6.61 Å². The van der Waals surface area contributed by atoms with Crippen molar-refractivity contribution >= 4 is 0 Å². The van der Waals surface area contributed by atoms with E-state index >= 15 is 0 Å². The van der Waals surface area contributed by atoms with Crippen molar-refractivity contribution in [3.05, 3.63) is 65.5 Å². The van der Waals surface area contributed by atoms with E-state index in [2.05, 4.69) is 4.74 Å². The molecule has 0 aliphatic carbocycles. The smallest absolute Gasteiger partial charge is 0.387 e. The fourth-order valence-corrected chi connectivity index (χ4v) is 1.93. The molecule has 2 nitrogen and oxygen atoms in total. The molecule has 0 amide bonds. The predicted octanol–water partition coefficient (Wildman–Crippen LogP) is 3.67. The van der Waals surface area contributed by atoms with Crippen LogP contribution >= 0.6 is 0 Å². The summed E-state index contributed by atoms with van der Waals surface area (Å²) in [4.78, 5) is 0. The van der Waals surface area contributed by atoms with Gasteiger partial charge in [0.1, 0.15) is 11.6 Å². The molecule has 0 spiro atoms. The summed E-state index contributed by atoms with van der Waals surface area (Å²) in [6, 6.07) is 12.0. The van der Waals surface area contributed by atoms with Crippen molar-refractivity contribution in [2.75, 3.05) is 0 Å². The molecule has 20 heavy (non-hydrogen) atoms. The zero-order valence-electron chi connectivity index (χ0n) is 10.6. The monoisotopic (exact) mass is 281 g/mol. The number of benzene rings is 2. The molecule has 0 aliphatic heterocycles. The minimum Gasteiger partial charge on any atom is -0.435 e. The molecule has 2 N–H and O–H groups in total. The van der Waals surface area contributed by atoms with Crippen molar-refractivity contribution in [2.45, 2.75) is 19.1 Å². The summed E-state index contributed by atoms with van der Waals surface area (Å²) >= 11 is 0. The standard InChI is InChI=1S/C15H14F3NO/c16-12-3-1-2-10(8-12)9-14(19)11-4-6-13(7-5-11)20-15(17)18/h1-8,14-15H,9,19H2. The molecule has 0 heterocycles. The van der Waals surface area contributed by atoms with Crippen molar-refractivity contribution in [1.82, 2.24) is 0 Å². The van der Waals surface area contributed by atoms with Gasteiger partial charge < -0.3 is 10.5 Å². The third-order valence-corrected chi connectivity index (χ3v) is 2.88. The molecule has 0 bridgehead atoms. The van der Waals surface area contributed by atoms with E-state index in [1.807, 2.05) is 0 Å². The molecule has 0 radical (unpaired) electrons. The quantitative estimate of drug-likeness (QED) is 0.907. The molecule has 2 rings (SSSR count). The fraction of sp³-hybridized carbons (Fsp3) is 0.200. The van der Waals surface area contributed by atoms with E-state index in [0.29, 0.717) is 6.42 Å². The Hall–Kier alpha value is -2.01. The molecule has 1 atom stereocenters. The van der Waals surface area contributed by atoms with E-state index in [-0.39, 0.29) is 17.6 Å². The van der Waals surface area contributed by atoms with Crippen LogP contribution in [0.15, 0.2) is 48.5 Å². The first-order valence-corrected chi connectivity index (χ1v) is 6.09. The van der Waals surface area contributed by atoms with Gasteiger partial charge in [0, 0.05) is 6.04 Å². The molecule has 106 valence electrons. The van der Waals surface area contributed by atoms with Gasteiger partial charge in [-0.05, 0) is 41.8 Å². The zero-order chi connectivity index (χ0) is 14.5. The second kappa shape index (κ2) is 6.43. The van der Waals surface area contributed by atoms with Crippen molar-refractivity contribution in [3.63, 3.8) is 0 Å². The van der Waals surface area contributed by atoms with Crippen LogP contribution in [-0.4, -0.2) is 6.61 Å². The highest BCUT2D eigenvalue weighted by Crippen LogP contribution is 2.21. The minimum absolute atomic E-state index is 0.0849. The molecular formula is C15H14F3NO. The molecule has 0 aromatic heterocycles. The third-order valence-electron chi connectivity index (χ3n) is 2.88. The summed E-state index contributed by atoms with van der Waals surface area (Å²) < 4.78 is 41.4. The normalized spacial score (nSPS) is 12.4. The van der Waals surface area contributed by atoms with E-state index in [4.69, 9.17) is 5.73 Å². The summed E-state index contributed by atoms with van der Waals surface area (Å²) in [7, 11) is 0. The third kappa shape index (κ3) is 3.99. The van der Waals surface area contributed by atoms with Crippen LogP contribution in [0.1, 0.15) is 17.2 Å². The number of alkyl halides is 2. The number of nitrogens with two attached hydrogens (primary N) is 1. The average molecular weight is 281 g/mol. The number of ether oxygens (including phenoxy) is 1. The average Bonchev–Trinajstić information content (AvgIpc) is 2.38. The number of halogens is 3. The molecule has 5 heteroatoms. The minimum atomic E-state index is -2.85. The second-order valence-electron chi connectivity index (χ2n) is 4.39. The Morgan fingerprint density at radius 2 is 1.75 bits per heavy atom. The van der Waals surface area contributed by atoms with Crippen LogP contribution in [0.3, 0.4) is 0 Å². The summed E-state index contributed by atoms with van der Waals surface area (Å²) in [6.07, 6.45) is 0.465. The van der Waals surface area contributed by atoms with Gasteiger partial charge in [-0.25, -0.2) is 4.39 Å². The molecule has 2 aromatic rings. The predicted molar refractivity (Wildman–Crippen MR) is 70.1 cm³/mol. The first-order chi connectivity index (χ1) is 9.54. The highest BCUT2D eigenvalue weighted by Gasteiger charge is 2.09. The van der Waals surface area contributed by atoms with Gasteiger partial charge in [0.15, 0.2) is 0 Å². The van der Waals surface area contributed by atoms with Gasteiger partial charge in [-0.2, -0.15) is 8.78 Å². The number of hydrogen-bond donors (Lipinski definition) is 1. The van der Waals surface area contributed by atoms with E-state index in [1.165, 1.54) is 24.3 Å². The summed E-state index contributed by atoms with van der Waals surface area (Å²) in [5.74, 6) is -0.225. The highest BCUT2D eigenvalue weighted by atomic mass is 19.3. The van der Waals surface area contributed by atoms with Gasteiger partial charge in [0.2, 0.25) is 0 Å². The maximum absolute atomic E-state index is 13.1. The van der Waals surface area contributed by atoms with Crippen LogP contribution in [0.5, 0.6) is 5.75 Å². The van der Waals surface area contributed by atoms with Crippen molar-refractivity contribution in [2.24, 2.45) is 5.73 Å². The van der Waals surface area contributed by atoms with Gasteiger partial charge in [0.25, 0.3) is 0 Å². The maximum Gasteiger partial charge on any atom is 0.387 e. The summed E-state index contributed by atoms with van der Waals surface area (Å²) in [6.45, 7) is -2.85. The summed E-state index contributed by atoms with van der Waals surface area (Å²) in [5.41, 5.74) is 7.57. The van der Waals surface area contributed by atoms with Gasteiger partial charge in [-0.1, -0.05) is 24.3 Å². The molecule has 0 fully saturated rings. The number of rotatable bonds is 5. The first kappa shape index (κ1) is 14.4. The van der Waals surface area contributed by atoms with E-state index in [0.717, 1.165) is 11.1 Å². The molecular weight excluding hydrogens is 267 g/mol. The van der Waals surface area contributed by atoms with Gasteiger partial charge in [0.05, 0.1) is 0 Å². The SMILES string of the molecule is NC(Cc1cccc(F)c1)c1ccc(OC(F)F)cc1. The van der Waals surface area contributed by atoms with E-state index in [9.17, 15) is 13.2 Å². The molecule has 1 unspecified atom stereocenters. The highest BCUT2D eigenvalue weighted by molar-refractivity contribution is 5.30. The molecule has 0 saturated heterocycles.